The van der Waals surface area contributed by atoms with Crippen molar-refractivity contribution < 1.29 is 9.90 Å². The minimum Gasteiger partial charge on any atom is -0.396 e. The highest BCUT2D eigenvalue weighted by Gasteiger charge is 2.37. The highest BCUT2D eigenvalue weighted by molar-refractivity contribution is 5.82. The molecule has 1 N–H and O–H groups in total. The number of aliphatic hydroxyl groups is 1. The van der Waals surface area contributed by atoms with Crippen LogP contribution in [0.3, 0.4) is 0 Å². The molecule has 0 bridgehead atoms. The van der Waals surface area contributed by atoms with E-state index in [1.807, 2.05) is 0 Å². The highest BCUT2D eigenvalue weighted by Crippen LogP contribution is 2.28. The summed E-state index contributed by atoms with van der Waals surface area (Å²) in [5, 5.41) is 9.15. The molecule has 0 spiro atoms. The zero-order chi connectivity index (χ0) is 9.26. The van der Waals surface area contributed by atoms with Crippen molar-refractivity contribution in [1.29, 1.82) is 0 Å². The molecule has 0 aromatic heterocycles. The fraction of sp³-hybridized carbons (Fsp3) is 0.900. The largest absolute Gasteiger partial charge is 0.396 e. The van der Waals surface area contributed by atoms with Gasteiger partial charge in [0.25, 0.3) is 0 Å². The van der Waals surface area contributed by atoms with Gasteiger partial charge in [-0.3, -0.25) is 9.69 Å². The molecule has 2 fully saturated rings. The summed E-state index contributed by atoms with van der Waals surface area (Å²) in [6.45, 7) is 2.08. The van der Waals surface area contributed by atoms with Gasteiger partial charge in [0.15, 0.2) is 0 Å². The molecule has 0 aromatic carbocycles. The second-order valence-electron chi connectivity index (χ2n) is 4.10. The molecule has 0 amide bonds. The molecule has 3 heteroatoms. The minimum absolute atomic E-state index is 0.0417. The summed E-state index contributed by atoms with van der Waals surface area (Å²) in [5.74, 6) is 0.180. The van der Waals surface area contributed by atoms with Crippen LogP contribution in [-0.2, 0) is 4.79 Å². The highest BCUT2D eigenvalue weighted by atomic mass is 16.3. The molecule has 2 saturated heterocycles. The van der Waals surface area contributed by atoms with Crippen LogP contribution in [0.5, 0.6) is 0 Å². The molecule has 13 heavy (non-hydrogen) atoms. The molecule has 2 heterocycles. The summed E-state index contributed by atoms with van der Waals surface area (Å²) < 4.78 is 0. The number of hydrogen-bond acceptors (Lipinski definition) is 3. The van der Waals surface area contributed by atoms with Crippen molar-refractivity contribution in [2.45, 2.75) is 31.7 Å². The average molecular weight is 183 g/mol. The molecule has 2 rings (SSSR count). The first-order valence-corrected chi connectivity index (χ1v) is 5.20. The molecular formula is C10H17NO2. The van der Waals surface area contributed by atoms with Crippen LogP contribution in [0.25, 0.3) is 0 Å². The third-order valence-electron chi connectivity index (χ3n) is 3.38. The molecule has 2 atom stereocenters. The van der Waals surface area contributed by atoms with Crippen molar-refractivity contribution in [3.05, 3.63) is 0 Å². The van der Waals surface area contributed by atoms with Gasteiger partial charge < -0.3 is 5.11 Å². The van der Waals surface area contributed by atoms with E-state index in [4.69, 9.17) is 5.11 Å². The number of fused-ring (bicyclic) bond motifs is 1. The Balaban J connectivity index is 2.09. The van der Waals surface area contributed by atoms with Gasteiger partial charge in [-0.15, -0.1) is 0 Å². The third kappa shape index (κ3) is 1.63. The normalized spacial score (nSPS) is 35.9. The van der Waals surface area contributed by atoms with Crippen molar-refractivity contribution in [2.24, 2.45) is 5.92 Å². The number of carbonyl (C=O) groups excluding carboxylic acids is 1. The van der Waals surface area contributed by atoms with Gasteiger partial charge >= 0.3 is 0 Å². The number of carbonyl (C=O) groups is 1. The Labute approximate surface area is 78.7 Å². The van der Waals surface area contributed by atoms with E-state index in [2.05, 4.69) is 4.90 Å². The minimum atomic E-state index is -0.0888. The van der Waals surface area contributed by atoms with Crippen LogP contribution in [-0.4, -0.2) is 41.5 Å². The first-order valence-electron chi connectivity index (χ1n) is 5.20. The van der Waals surface area contributed by atoms with Gasteiger partial charge in [-0.25, -0.2) is 0 Å². The van der Waals surface area contributed by atoms with Gasteiger partial charge in [0, 0.05) is 19.0 Å². The van der Waals surface area contributed by atoms with Crippen molar-refractivity contribution >= 4 is 5.78 Å². The number of hydrogen-bond donors (Lipinski definition) is 1. The topological polar surface area (TPSA) is 40.5 Å². The van der Waals surface area contributed by atoms with Crippen molar-refractivity contribution in [1.82, 2.24) is 4.90 Å². The smallest absolute Gasteiger partial charge is 0.141 e. The Morgan fingerprint density at radius 3 is 3.00 bits per heavy atom. The molecule has 2 aliphatic rings. The quantitative estimate of drug-likeness (QED) is 0.640. The molecule has 0 unspecified atom stereocenters. The van der Waals surface area contributed by atoms with Gasteiger partial charge in [0.2, 0.25) is 0 Å². The number of rotatable bonds is 1. The number of aliphatic hydroxyl groups excluding tert-OH is 1. The van der Waals surface area contributed by atoms with Gasteiger partial charge in [-0.05, 0) is 19.4 Å². The maximum atomic E-state index is 11.5. The van der Waals surface area contributed by atoms with E-state index in [1.54, 1.807) is 0 Å². The second-order valence-corrected chi connectivity index (χ2v) is 4.10. The van der Waals surface area contributed by atoms with Crippen LogP contribution in [0, 0.1) is 5.92 Å². The summed E-state index contributed by atoms with van der Waals surface area (Å²) in [7, 11) is 0. The first-order chi connectivity index (χ1) is 6.33. The number of nitrogens with zero attached hydrogens (tertiary/aromatic N) is 1. The SMILES string of the molecule is O=C1CCN2CCCC[C@@H]2[C@H]1CO. The van der Waals surface area contributed by atoms with Crippen LogP contribution in [0.2, 0.25) is 0 Å². The molecule has 3 nitrogen and oxygen atoms in total. The van der Waals surface area contributed by atoms with Crippen LogP contribution < -0.4 is 0 Å². The van der Waals surface area contributed by atoms with Crippen LogP contribution in [0.4, 0.5) is 0 Å². The molecule has 0 aromatic rings. The Morgan fingerprint density at radius 1 is 1.38 bits per heavy atom. The third-order valence-corrected chi connectivity index (χ3v) is 3.38. The van der Waals surface area contributed by atoms with Gasteiger partial charge in [-0.2, -0.15) is 0 Å². The molecular weight excluding hydrogens is 166 g/mol. The Bertz CT molecular complexity index is 205. The van der Waals surface area contributed by atoms with E-state index in [0.717, 1.165) is 19.5 Å². The van der Waals surface area contributed by atoms with E-state index < -0.39 is 0 Å². The lowest BCUT2D eigenvalue weighted by Crippen LogP contribution is -2.52. The first kappa shape index (κ1) is 9.16. The van der Waals surface area contributed by atoms with Crippen molar-refractivity contribution in [2.75, 3.05) is 19.7 Å². The standard InChI is InChI=1S/C10H17NO2/c12-7-8-9-3-1-2-5-11(9)6-4-10(8)13/h8-9,12H,1-7H2/t8-,9-/m1/s1. The van der Waals surface area contributed by atoms with E-state index >= 15 is 0 Å². The maximum absolute atomic E-state index is 11.5. The summed E-state index contributed by atoms with van der Waals surface area (Å²) in [5.41, 5.74) is 0. The summed E-state index contributed by atoms with van der Waals surface area (Å²) >= 11 is 0. The number of ketones is 1. The molecule has 0 aliphatic carbocycles. The molecule has 74 valence electrons. The number of Topliss-reactive ketones (excluding diaryl/α,β-unsaturated/α-hetero) is 1. The number of piperidine rings is 2. The van der Waals surface area contributed by atoms with Crippen LogP contribution >= 0.6 is 0 Å². The summed E-state index contributed by atoms with van der Waals surface area (Å²) in [6.07, 6.45) is 4.20. The lowest BCUT2D eigenvalue weighted by molar-refractivity contribution is -0.132. The van der Waals surface area contributed by atoms with E-state index in [1.165, 1.54) is 12.8 Å². The van der Waals surface area contributed by atoms with E-state index in [0.29, 0.717) is 12.5 Å². The summed E-state index contributed by atoms with van der Waals surface area (Å²) in [4.78, 5) is 13.9. The average Bonchev–Trinajstić information content (AvgIpc) is 2.18. The molecule has 2 aliphatic heterocycles. The van der Waals surface area contributed by atoms with Gasteiger partial charge in [0.1, 0.15) is 5.78 Å². The van der Waals surface area contributed by atoms with Gasteiger partial charge in [0.05, 0.1) is 12.5 Å². The predicted molar refractivity (Wildman–Crippen MR) is 49.4 cm³/mol. The lowest BCUT2D eigenvalue weighted by Gasteiger charge is -2.42. The summed E-state index contributed by atoms with van der Waals surface area (Å²) in [6, 6.07) is 0.347. The Morgan fingerprint density at radius 2 is 2.23 bits per heavy atom. The maximum Gasteiger partial charge on any atom is 0.141 e. The Kier molecular flexibility index (Phi) is 2.65. The fourth-order valence-corrected chi connectivity index (χ4v) is 2.63. The predicted octanol–water partition coefficient (Wildman–Crippen LogP) is 0.422. The van der Waals surface area contributed by atoms with Crippen LogP contribution in [0.15, 0.2) is 0 Å². The second kappa shape index (κ2) is 3.76. The van der Waals surface area contributed by atoms with E-state index in [-0.39, 0.29) is 18.3 Å². The van der Waals surface area contributed by atoms with E-state index in [9.17, 15) is 4.79 Å². The van der Waals surface area contributed by atoms with Crippen LogP contribution in [0.1, 0.15) is 25.7 Å². The fourth-order valence-electron chi connectivity index (χ4n) is 2.63. The monoisotopic (exact) mass is 183 g/mol. The van der Waals surface area contributed by atoms with Crippen molar-refractivity contribution in [3.63, 3.8) is 0 Å². The molecule has 0 saturated carbocycles. The lowest BCUT2D eigenvalue weighted by atomic mass is 9.83. The zero-order valence-corrected chi connectivity index (χ0v) is 7.91. The zero-order valence-electron chi connectivity index (χ0n) is 7.91. The molecule has 0 radical (unpaired) electrons. The Hall–Kier alpha value is -0.410. The van der Waals surface area contributed by atoms with Crippen molar-refractivity contribution in [3.8, 4) is 0 Å². The van der Waals surface area contributed by atoms with Gasteiger partial charge in [-0.1, -0.05) is 6.42 Å².